The van der Waals surface area contributed by atoms with Crippen LogP contribution in [0.25, 0.3) is 0 Å². The van der Waals surface area contributed by atoms with Crippen LogP contribution < -0.4 is 0 Å². The molecule has 0 saturated heterocycles. The summed E-state index contributed by atoms with van der Waals surface area (Å²) in [6.45, 7) is 2.26. The van der Waals surface area contributed by atoms with Gasteiger partial charge in [0.05, 0.1) is 0 Å². The SMILES string of the molecule is CCCC1CC=CC=CC1. The van der Waals surface area contributed by atoms with Crippen LogP contribution in [0.2, 0.25) is 0 Å². The van der Waals surface area contributed by atoms with E-state index < -0.39 is 0 Å². The summed E-state index contributed by atoms with van der Waals surface area (Å²) >= 11 is 0. The fourth-order valence-corrected chi connectivity index (χ4v) is 1.44. The maximum atomic E-state index is 2.28. The lowest BCUT2D eigenvalue weighted by Crippen LogP contribution is -1.95. The van der Waals surface area contributed by atoms with Crippen LogP contribution in [0.3, 0.4) is 0 Å². The smallest absolute Gasteiger partial charge is 0.0316 e. The first kappa shape index (κ1) is 7.59. The molecule has 1 aliphatic rings. The molecule has 0 aromatic rings. The lowest BCUT2D eigenvalue weighted by atomic mass is 9.97. The van der Waals surface area contributed by atoms with Gasteiger partial charge in [0.25, 0.3) is 0 Å². The van der Waals surface area contributed by atoms with Crippen molar-refractivity contribution in [2.45, 2.75) is 32.6 Å². The molecule has 0 atom stereocenters. The lowest BCUT2D eigenvalue weighted by molar-refractivity contribution is 0.493. The van der Waals surface area contributed by atoms with Crippen molar-refractivity contribution < 1.29 is 0 Å². The topological polar surface area (TPSA) is 0 Å². The van der Waals surface area contributed by atoms with Crippen molar-refractivity contribution in [3.8, 4) is 0 Å². The maximum absolute atomic E-state index is 2.28. The van der Waals surface area contributed by atoms with E-state index in [9.17, 15) is 0 Å². The minimum Gasteiger partial charge on any atom is -0.0843 e. The second-order valence-corrected chi connectivity index (χ2v) is 2.98. The van der Waals surface area contributed by atoms with Gasteiger partial charge >= 0.3 is 0 Å². The molecule has 0 heteroatoms. The molecule has 1 rings (SSSR count). The summed E-state index contributed by atoms with van der Waals surface area (Å²) in [5.41, 5.74) is 0. The highest BCUT2D eigenvalue weighted by molar-refractivity contribution is 5.06. The Morgan fingerprint density at radius 3 is 2.30 bits per heavy atom. The molecule has 0 nitrogen and oxygen atoms in total. The van der Waals surface area contributed by atoms with Crippen LogP contribution >= 0.6 is 0 Å². The minimum atomic E-state index is 0.917. The highest BCUT2D eigenvalue weighted by atomic mass is 14.1. The lowest BCUT2D eigenvalue weighted by Gasteiger charge is -2.08. The van der Waals surface area contributed by atoms with Gasteiger partial charge in [0.1, 0.15) is 0 Å². The molecule has 0 aromatic carbocycles. The second kappa shape index (κ2) is 4.32. The first-order chi connectivity index (χ1) is 4.93. The monoisotopic (exact) mass is 136 g/mol. The predicted molar refractivity (Wildman–Crippen MR) is 45.9 cm³/mol. The molecule has 0 fully saturated rings. The number of hydrogen-bond acceptors (Lipinski definition) is 0. The summed E-state index contributed by atoms with van der Waals surface area (Å²) in [5, 5.41) is 0. The zero-order valence-corrected chi connectivity index (χ0v) is 6.72. The van der Waals surface area contributed by atoms with E-state index in [1.807, 2.05) is 0 Å². The van der Waals surface area contributed by atoms with Crippen molar-refractivity contribution in [1.29, 1.82) is 0 Å². The summed E-state index contributed by atoms with van der Waals surface area (Å²) in [7, 11) is 0. The Morgan fingerprint density at radius 2 is 1.80 bits per heavy atom. The summed E-state index contributed by atoms with van der Waals surface area (Å²) in [5.74, 6) is 0.917. The van der Waals surface area contributed by atoms with Crippen molar-refractivity contribution >= 4 is 0 Å². The largest absolute Gasteiger partial charge is 0.0843 e. The van der Waals surface area contributed by atoms with Crippen molar-refractivity contribution in [1.82, 2.24) is 0 Å². The van der Waals surface area contributed by atoms with E-state index in [-0.39, 0.29) is 0 Å². The predicted octanol–water partition coefficient (Wildman–Crippen LogP) is 3.31. The first-order valence-electron chi connectivity index (χ1n) is 4.25. The molecule has 0 heterocycles. The molecule has 56 valence electrons. The van der Waals surface area contributed by atoms with Crippen LogP contribution in [0.4, 0.5) is 0 Å². The molecule has 0 spiro atoms. The minimum absolute atomic E-state index is 0.917. The van der Waals surface area contributed by atoms with Crippen LogP contribution in [0.1, 0.15) is 32.6 Å². The van der Waals surface area contributed by atoms with Crippen LogP contribution in [-0.4, -0.2) is 0 Å². The molecule has 10 heavy (non-hydrogen) atoms. The third-order valence-corrected chi connectivity index (χ3v) is 2.02. The van der Waals surface area contributed by atoms with Crippen molar-refractivity contribution in [2.24, 2.45) is 5.92 Å². The van der Waals surface area contributed by atoms with Gasteiger partial charge < -0.3 is 0 Å². The normalized spacial score (nSPS) is 19.3. The zero-order valence-electron chi connectivity index (χ0n) is 6.72. The van der Waals surface area contributed by atoms with Gasteiger partial charge in [0, 0.05) is 0 Å². The Bertz CT molecular complexity index is 117. The summed E-state index contributed by atoms with van der Waals surface area (Å²) < 4.78 is 0. The van der Waals surface area contributed by atoms with Gasteiger partial charge in [0.15, 0.2) is 0 Å². The number of rotatable bonds is 2. The molecule has 0 radical (unpaired) electrons. The average molecular weight is 136 g/mol. The maximum Gasteiger partial charge on any atom is -0.0316 e. The van der Waals surface area contributed by atoms with E-state index in [1.165, 1.54) is 25.7 Å². The quantitative estimate of drug-likeness (QED) is 0.546. The zero-order chi connectivity index (χ0) is 7.23. The van der Waals surface area contributed by atoms with Gasteiger partial charge in [-0.15, -0.1) is 0 Å². The Labute approximate surface area is 63.6 Å². The van der Waals surface area contributed by atoms with Crippen LogP contribution in [0.15, 0.2) is 24.3 Å². The van der Waals surface area contributed by atoms with E-state index in [0.29, 0.717) is 0 Å². The van der Waals surface area contributed by atoms with Crippen LogP contribution in [0.5, 0.6) is 0 Å². The van der Waals surface area contributed by atoms with E-state index in [4.69, 9.17) is 0 Å². The fourth-order valence-electron chi connectivity index (χ4n) is 1.44. The molecule has 1 aliphatic carbocycles. The summed E-state index contributed by atoms with van der Waals surface area (Å²) in [6, 6.07) is 0. The second-order valence-electron chi connectivity index (χ2n) is 2.98. The van der Waals surface area contributed by atoms with Gasteiger partial charge in [-0.2, -0.15) is 0 Å². The van der Waals surface area contributed by atoms with E-state index in [2.05, 4.69) is 31.2 Å². The number of allylic oxidation sites excluding steroid dienone is 4. The van der Waals surface area contributed by atoms with Crippen LogP contribution in [-0.2, 0) is 0 Å². The van der Waals surface area contributed by atoms with Crippen LogP contribution in [0, 0.1) is 5.92 Å². The highest BCUT2D eigenvalue weighted by Gasteiger charge is 2.03. The Morgan fingerprint density at radius 1 is 1.20 bits per heavy atom. The molecule has 0 aliphatic heterocycles. The van der Waals surface area contributed by atoms with Gasteiger partial charge in [0.2, 0.25) is 0 Å². The number of hydrogen-bond donors (Lipinski definition) is 0. The molecular formula is C10H16. The van der Waals surface area contributed by atoms with E-state index >= 15 is 0 Å². The Kier molecular flexibility index (Phi) is 3.28. The van der Waals surface area contributed by atoms with E-state index in [1.54, 1.807) is 0 Å². The molecule has 0 unspecified atom stereocenters. The van der Waals surface area contributed by atoms with E-state index in [0.717, 1.165) is 5.92 Å². The van der Waals surface area contributed by atoms with Gasteiger partial charge in [-0.05, 0) is 18.8 Å². The third kappa shape index (κ3) is 2.38. The van der Waals surface area contributed by atoms with Gasteiger partial charge in [-0.3, -0.25) is 0 Å². The van der Waals surface area contributed by atoms with Crippen molar-refractivity contribution in [3.63, 3.8) is 0 Å². The molecule has 0 saturated carbocycles. The molecule has 0 aromatic heterocycles. The fraction of sp³-hybridized carbons (Fsp3) is 0.600. The molecular weight excluding hydrogens is 120 g/mol. The standard InChI is InChI=1S/C10H16/c1-2-7-10-8-5-3-4-6-9-10/h3-6,10H,2,7-9H2,1H3. The third-order valence-electron chi connectivity index (χ3n) is 2.02. The molecule has 0 N–H and O–H groups in total. The molecule has 0 amide bonds. The van der Waals surface area contributed by atoms with Crippen molar-refractivity contribution in [2.75, 3.05) is 0 Å². The van der Waals surface area contributed by atoms with Gasteiger partial charge in [-0.25, -0.2) is 0 Å². The highest BCUT2D eigenvalue weighted by Crippen LogP contribution is 2.18. The summed E-state index contributed by atoms with van der Waals surface area (Å²) in [4.78, 5) is 0. The van der Waals surface area contributed by atoms with Gasteiger partial charge in [-0.1, -0.05) is 44.1 Å². The Hall–Kier alpha value is -0.520. The Balaban J connectivity index is 2.32. The van der Waals surface area contributed by atoms with Crippen molar-refractivity contribution in [3.05, 3.63) is 24.3 Å². The molecule has 0 bridgehead atoms. The average Bonchev–Trinajstić information content (AvgIpc) is 2.17. The summed E-state index contributed by atoms with van der Waals surface area (Å²) in [6.07, 6.45) is 14.2. The first-order valence-corrected chi connectivity index (χ1v) is 4.25.